The Labute approximate surface area is 102 Å². The van der Waals surface area contributed by atoms with Gasteiger partial charge in [-0.1, -0.05) is 0 Å². The van der Waals surface area contributed by atoms with Crippen molar-refractivity contribution in [3.63, 3.8) is 0 Å². The third kappa shape index (κ3) is 2.97. The van der Waals surface area contributed by atoms with Gasteiger partial charge in [-0.15, -0.1) is 0 Å². The highest BCUT2D eigenvalue weighted by Gasteiger charge is 2.11. The number of carbonyl (C=O) groups is 1. The van der Waals surface area contributed by atoms with Gasteiger partial charge in [0, 0.05) is 0 Å². The van der Waals surface area contributed by atoms with Crippen LogP contribution in [0.25, 0.3) is 0 Å². The Morgan fingerprint density at radius 2 is 2.31 bits per heavy atom. The fourth-order valence-corrected chi connectivity index (χ4v) is 1.61. The molecule has 0 spiro atoms. The monoisotopic (exact) mass is 283 g/mol. The Hall–Kier alpha value is -1.54. The zero-order valence-electron chi connectivity index (χ0n) is 8.66. The average molecular weight is 284 g/mol. The first kappa shape index (κ1) is 12.5. The summed E-state index contributed by atoms with van der Waals surface area (Å²) in [6, 6.07) is 4.79. The molecule has 1 rings (SSSR count). The van der Waals surface area contributed by atoms with Crippen molar-refractivity contribution in [2.75, 3.05) is 6.61 Å². The van der Waals surface area contributed by atoms with E-state index in [-0.39, 0.29) is 17.7 Å². The number of hydrogen-bond donors (Lipinski definition) is 1. The Morgan fingerprint density at radius 3 is 2.88 bits per heavy atom. The summed E-state index contributed by atoms with van der Waals surface area (Å²) in [5.74, 6) is -0.416. The largest absolute Gasteiger partial charge is 0.507 e. The van der Waals surface area contributed by atoms with Crippen LogP contribution in [0.1, 0.15) is 18.1 Å². The molecule has 0 fully saturated rings. The van der Waals surface area contributed by atoms with Gasteiger partial charge in [-0.3, -0.25) is 4.79 Å². The number of ether oxygens (including phenoxy) is 1. The van der Waals surface area contributed by atoms with Crippen LogP contribution in [0.4, 0.5) is 0 Å². The van der Waals surface area contributed by atoms with Gasteiger partial charge in [0.05, 0.1) is 29.1 Å². The highest BCUT2D eigenvalue weighted by atomic mass is 79.9. The summed E-state index contributed by atoms with van der Waals surface area (Å²) >= 11 is 3.13. The van der Waals surface area contributed by atoms with Crippen molar-refractivity contribution >= 4 is 21.9 Å². The maximum absolute atomic E-state index is 11.3. The van der Waals surface area contributed by atoms with Gasteiger partial charge in [0.2, 0.25) is 0 Å². The predicted octanol–water partition coefficient (Wildman–Crippen LogP) is 2.13. The van der Waals surface area contributed by atoms with Gasteiger partial charge in [0.1, 0.15) is 5.75 Å². The molecule has 1 N–H and O–H groups in total. The zero-order chi connectivity index (χ0) is 12.1. The summed E-state index contributed by atoms with van der Waals surface area (Å²) in [7, 11) is 0. The molecule has 0 aromatic heterocycles. The third-order valence-electron chi connectivity index (χ3n) is 1.93. The van der Waals surface area contributed by atoms with Crippen molar-refractivity contribution in [2.24, 2.45) is 0 Å². The lowest BCUT2D eigenvalue weighted by Crippen LogP contribution is -2.08. The van der Waals surface area contributed by atoms with Crippen LogP contribution < -0.4 is 0 Å². The summed E-state index contributed by atoms with van der Waals surface area (Å²) < 4.78 is 5.24. The van der Waals surface area contributed by atoms with Crippen molar-refractivity contribution in [3.8, 4) is 11.8 Å². The molecule has 5 heteroatoms. The van der Waals surface area contributed by atoms with Crippen molar-refractivity contribution < 1.29 is 14.6 Å². The van der Waals surface area contributed by atoms with E-state index in [0.29, 0.717) is 16.6 Å². The van der Waals surface area contributed by atoms with Crippen LogP contribution in [-0.4, -0.2) is 17.7 Å². The summed E-state index contributed by atoms with van der Waals surface area (Å²) in [6.07, 6.45) is 0.0234. The lowest BCUT2D eigenvalue weighted by Gasteiger charge is -2.06. The third-order valence-corrected chi connectivity index (χ3v) is 2.57. The van der Waals surface area contributed by atoms with E-state index in [9.17, 15) is 9.90 Å². The van der Waals surface area contributed by atoms with Gasteiger partial charge < -0.3 is 9.84 Å². The van der Waals surface area contributed by atoms with E-state index in [1.165, 1.54) is 6.07 Å². The van der Waals surface area contributed by atoms with E-state index in [4.69, 9.17) is 10.00 Å². The molecule has 1 aromatic carbocycles. The van der Waals surface area contributed by atoms with Crippen LogP contribution in [0.2, 0.25) is 0 Å². The van der Waals surface area contributed by atoms with Crippen LogP contribution in [0.15, 0.2) is 16.6 Å². The van der Waals surface area contributed by atoms with E-state index in [2.05, 4.69) is 15.9 Å². The SMILES string of the molecule is CCOC(=O)Cc1cc(Br)c(O)cc1C#N. The van der Waals surface area contributed by atoms with E-state index in [1.54, 1.807) is 13.0 Å². The molecule has 0 amide bonds. The number of phenolic OH excluding ortho intramolecular Hbond substituents is 1. The van der Waals surface area contributed by atoms with Crippen LogP contribution in [-0.2, 0) is 16.0 Å². The average Bonchev–Trinajstić information content (AvgIpc) is 2.23. The molecule has 0 aliphatic heterocycles. The minimum absolute atomic E-state index is 0.0234. The summed E-state index contributed by atoms with van der Waals surface area (Å²) in [4.78, 5) is 11.3. The second kappa shape index (κ2) is 5.52. The molecule has 1 aromatic rings. The Balaban J connectivity index is 3.00. The predicted molar refractivity (Wildman–Crippen MR) is 60.9 cm³/mol. The number of aromatic hydroxyl groups is 1. The minimum atomic E-state index is -0.392. The molecule has 0 saturated heterocycles. The Bertz CT molecular complexity index is 451. The summed E-state index contributed by atoms with van der Waals surface area (Å²) in [6.45, 7) is 2.02. The van der Waals surface area contributed by atoms with Crippen molar-refractivity contribution in [2.45, 2.75) is 13.3 Å². The lowest BCUT2D eigenvalue weighted by molar-refractivity contribution is -0.142. The second-order valence-corrected chi connectivity index (χ2v) is 3.91. The maximum atomic E-state index is 11.3. The number of nitrogens with zero attached hydrogens (tertiary/aromatic N) is 1. The van der Waals surface area contributed by atoms with Gasteiger partial charge >= 0.3 is 5.97 Å². The smallest absolute Gasteiger partial charge is 0.310 e. The van der Waals surface area contributed by atoms with E-state index < -0.39 is 5.97 Å². The van der Waals surface area contributed by atoms with E-state index >= 15 is 0 Å². The molecular weight excluding hydrogens is 274 g/mol. The molecule has 0 aliphatic rings. The number of phenols is 1. The fraction of sp³-hybridized carbons (Fsp3) is 0.273. The van der Waals surface area contributed by atoms with Gasteiger partial charge in [-0.25, -0.2) is 0 Å². The zero-order valence-corrected chi connectivity index (χ0v) is 10.2. The Kier molecular flexibility index (Phi) is 4.32. The van der Waals surface area contributed by atoms with E-state index in [0.717, 1.165) is 0 Å². The number of halogens is 1. The molecule has 0 unspecified atom stereocenters. The van der Waals surface area contributed by atoms with Gasteiger partial charge in [-0.05, 0) is 40.5 Å². The number of hydrogen-bond acceptors (Lipinski definition) is 4. The highest BCUT2D eigenvalue weighted by molar-refractivity contribution is 9.10. The standard InChI is InChI=1S/C11H10BrNO3/c1-2-16-11(15)5-7-3-9(12)10(14)4-8(7)6-13/h3-4,14H,2,5H2,1H3. The van der Waals surface area contributed by atoms with Crippen LogP contribution >= 0.6 is 15.9 Å². The molecule has 0 bridgehead atoms. The number of nitriles is 1. The quantitative estimate of drug-likeness (QED) is 0.863. The first-order chi connectivity index (χ1) is 7.58. The molecule has 84 valence electrons. The van der Waals surface area contributed by atoms with Gasteiger partial charge in [0.25, 0.3) is 0 Å². The minimum Gasteiger partial charge on any atom is -0.507 e. The fourth-order valence-electron chi connectivity index (χ4n) is 1.22. The number of benzene rings is 1. The highest BCUT2D eigenvalue weighted by Crippen LogP contribution is 2.27. The van der Waals surface area contributed by atoms with E-state index in [1.807, 2.05) is 6.07 Å². The molecule has 0 atom stereocenters. The van der Waals surface area contributed by atoms with Gasteiger partial charge in [0.15, 0.2) is 0 Å². The van der Waals surface area contributed by atoms with Crippen LogP contribution in [0.5, 0.6) is 5.75 Å². The maximum Gasteiger partial charge on any atom is 0.310 e. The molecule has 4 nitrogen and oxygen atoms in total. The summed E-state index contributed by atoms with van der Waals surface area (Å²) in [5, 5.41) is 18.2. The van der Waals surface area contributed by atoms with Crippen molar-refractivity contribution in [3.05, 3.63) is 27.7 Å². The first-order valence-electron chi connectivity index (χ1n) is 4.65. The summed E-state index contributed by atoms with van der Waals surface area (Å²) in [5.41, 5.74) is 0.805. The van der Waals surface area contributed by atoms with Crippen LogP contribution in [0, 0.1) is 11.3 Å². The molecular formula is C11H10BrNO3. The normalized spacial score (nSPS) is 9.56. The van der Waals surface area contributed by atoms with Crippen molar-refractivity contribution in [1.82, 2.24) is 0 Å². The molecule has 0 aliphatic carbocycles. The number of rotatable bonds is 3. The molecule has 0 saturated carbocycles. The first-order valence-corrected chi connectivity index (χ1v) is 5.45. The van der Waals surface area contributed by atoms with Gasteiger partial charge in [-0.2, -0.15) is 5.26 Å². The van der Waals surface area contributed by atoms with Crippen molar-refractivity contribution in [1.29, 1.82) is 5.26 Å². The topological polar surface area (TPSA) is 70.3 Å². The molecule has 0 heterocycles. The second-order valence-electron chi connectivity index (χ2n) is 3.05. The Morgan fingerprint density at radius 1 is 1.62 bits per heavy atom. The number of esters is 1. The number of carbonyl (C=O) groups excluding carboxylic acids is 1. The lowest BCUT2D eigenvalue weighted by atomic mass is 10.1. The van der Waals surface area contributed by atoms with Crippen LogP contribution in [0.3, 0.4) is 0 Å². The molecule has 16 heavy (non-hydrogen) atoms. The molecule has 0 radical (unpaired) electrons.